The molecule has 0 atom stereocenters. The fourth-order valence-electron chi connectivity index (χ4n) is 2.15. The number of halogens is 1. The first-order chi connectivity index (χ1) is 9.83. The Bertz CT molecular complexity index is 753. The van der Waals surface area contributed by atoms with Gasteiger partial charge in [-0.3, -0.25) is 4.72 Å². The van der Waals surface area contributed by atoms with Gasteiger partial charge in [0, 0.05) is 4.47 Å². The van der Waals surface area contributed by atoms with E-state index in [0.717, 1.165) is 27.6 Å². The first-order valence-corrected chi connectivity index (χ1v) is 8.99. The molecule has 2 aromatic rings. The number of sulfonamides is 1. The van der Waals surface area contributed by atoms with Crippen molar-refractivity contribution in [1.82, 2.24) is 0 Å². The van der Waals surface area contributed by atoms with E-state index in [2.05, 4.69) is 20.7 Å². The molecular formula is C16H18BrNO2S. The molecule has 0 fully saturated rings. The van der Waals surface area contributed by atoms with Crippen molar-refractivity contribution in [3.8, 4) is 0 Å². The fourth-order valence-corrected chi connectivity index (χ4v) is 3.94. The summed E-state index contributed by atoms with van der Waals surface area (Å²) in [6.45, 7) is 5.83. The van der Waals surface area contributed by atoms with Gasteiger partial charge in [0.25, 0.3) is 10.0 Å². The van der Waals surface area contributed by atoms with Crippen LogP contribution >= 0.6 is 15.9 Å². The van der Waals surface area contributed by atoms with Crippen molar-refractivity contribution in [2.45, 2.75) is 32.1 Å². The van der Waals surface area contributed by atoms with Gasteiger partial charge < -0.3 is 0 Å². The van der Waals surface area contributed by atoms with Gasteiger partial charge >= 0.3 is 0 Å². The van der Waals surface area contributed by atoms with Crippen molar-refractivity contribution in [3.05, 3.63) is 57.6 Å². The number of aryl methyl sites for hydroxylation is 3. The smallest absolute Gasteiger partial charge is 0.261 e. The summed E-state index contributed by atoms with van der Waals surface area (Å²) in [6.07, 6.45) is 0.756. The quantitative estimate of drug-likeness (QED) is 0.868. The minimum absolute atomic E-state index is 0.275. The van der Waals surface area contributed by atoms with Crippen LogP contribution in [-0.4, -0.2) is 8.42 Å². The van der Waals surface area contributed by atoms with Crippen LogP contribution in [0.3, 0.4) is 0 Å². The van der Waals surface area contributed by atoms with Gasteiger partial charge in [-0.05, 0) is 55.7 Å². The highest BCUT2D eigenvalue weighted by Gasteiger charge is 2.17. The zero-order valence-corrected chi connectivity index (χ0v) is 14.7. The Hall–Kier alpha value is -1.33. The molecule has 0 unspecified atom stereocenters. The SMILES string of the molecule is CCc1cc(Br)cc(C)c1NS(=O)(=O)c1ccc(C)cc1. The summed E-state index contributed by atoms with van der Waals surface area (Å²) in [5.41, 5.74) is 3.57. The van der Waals surface area contributed by atoms with E-state index in [4.69, 9.17) is 0 Å². The second kappa shape index (κ2) is 6.20. The standard InChI is InChI=1S/C16H18BrNO2S/c1-4-13-10-14(17)9-12(3)16(13)18-21(19,20)15-7-5-11(2)6-8-15/h5-10,18H,4H2,1-3H3. The molecule has 2 rings (SSSR count). The first kappa shape index (κ1) is 16.0. The number of benzene rings is 2. The molecule has 0 aliphatic rings. The molecule has 0 saturated carbocycles. The highest BCUT2D eigenvalue weighted by Crippen LogP contribution is 2.28. The third kappa shape index (κ3) is 3.66. The lowest BCUT2D eigenvalue weighted by Crippen LogP contribution is -2.15. The normalized spacial score (nSPS) is 11.4. The summed E-state index contributed by atoms with van der Waals surface area (Å²) in [5.74, 6) is 0. The van der Waals surface area contributed by atoms with Crippen molar-refractivity contribution in [2.24, 2.45) is 0 Å². The molecule has 112 valence electrons. The van der Waals surface area contributed by atoms with Crippen LogP contribution in [0.5, 0.6) is 0 Å². The molecule has 21 heavy (non-hydrogen) atoms. The molecule has 1 N–H and O–H groups in total. The van der Waals surface area contributed by atoms with Crippen LogP contribution in [-0.2, 0) is 16.4 Å². The molecule has 5 heteroatoms. The van der Waals surface area contributed by atoms with Gasteiger partial charge in [-0.1, -0.05) is 40.5 Å². The second-order valence-electron chi connectivity index (χ2n) is 5.03. The number of anilines is 1. The summed E-state index contributed by atoms with van der Waals surface area (Å²) < 4.78 is 28.7. The van der Waals surface area contributed by atoms with Crippen molar-refractivity contribution in [3.63, 3.8) is 0 Å². The fraction of sp³-hybridized carbons (Fsp3) is 0.250. The zero-order chi connectivity index (χ0) is 15.6. The van der Waals surface area contributed by atoms with E-state index in [0.29, 0.717) is 5.69 Å². The summed E-state index contributed by atoms with van der Waals surface area (Å²) in [5, 5.41) is 0. The third-order valence-corrected chi connectivity index (χ3v) is 5.15. The zero-order valence-electron chi connectivity index (χ0n) is 12.3. The molecule has 0 spiro atoms. The molecule has 0 aliphatic heterocycles. The molecule has 0 saturated heterocycles. The average Bonchev–Trinajstić information content (AvgIpc) is 2.42. The Labute approximate surface area is 134 Å². The largest absolute Gasteiger partial charge is 0.279 e. The Morgan fingerprint density at radius 2 is 1.71 bits per heavy atom. The van der Waals surface area contributed by atoms with Gasteiger partial charge in [0.05, 0.1) is 10.6 Å². The second-order valence-corrected chi connectivity index (χ2v) is 7.63. The van der Waals surface area contributed by atoms with Gasteiger partial charge in [-0.25, -0.2) is 8.42 Å². The molecule has 0 heterocycles. The van der Waals surface area contributed by atoms with Crippen molar-refractivity contribution in [2.75, 3.05) is 4.72 Å². The van der Waals surface area contributed by atoms with Crippen LogP contribution in [0.2, 0.25) is 0 Å². The average molecular weight is 368 g/mol. The topological polar surface area (TPSA) is 46.2 Å². The number of rotatable bonds is 4. The Morgan fingerprint density at radius 3 is 2.29 bits per heavy atom. The minimum Gasteiger partial charge on any atom is -0.279 e. The molecular weight excluding hydrogens is 350 g/mol. The van der Waals surface area contributed by atoms with Crippen molar-refractivity contribution in [1.29, 1.82) is 0 Å². The van der Waals surface area contributed by atoms with Gasteiger partial charge in [0.15, 0.2) is 0 Å². The van der Waals surface area contributed by atoms with Crippen LogP contribution in [0, 0.1) is 13.8 Å². The highest BCUT2D eigenvalue weighted by molar-refractivity contribution is 9.10. The molecule has 0 amide bonds. The maximum Gasteiger partial charge on any atom is 0.261 e. The maximum atomic E-state index is 12.5. The van der Waals surface area contributed by atoms with Crippen LogP contribution < -0.4 is 4.72 Å². The Balaban J connectivity index is 2.44. The van der Waals surface area contributed by atoms with Crippen LogP contribution in [0.15, 0.2) is 45.8 Å². The van der Waals surface area contributed by atoms with E-state index in [9.17, 15) is 8.42 Å². The maximum absolute atomic E-state index is 12.5. The highest BCUT2D eigenvalue weighted by atomic mass is 79.9. The lowest BCUT2D eigenvalue weighted by Gasteiger charge is -2.15. The van der Waals surface area contributed by atoms with Crippen LogP contribution in [0.1, 0.15) is 23.6 Å². The van der Waals surface area contributed by atoms with Crippen molar-refractivity contribution < 1.29 is 8.42 Å². The summed E-state index contributed by atoms with van der Waals surface area (Å²) >= 11 is 3.44. The molecule has 3 nitrogen and oxygen atoms in total. The van der Waals surface area contributed by atoms with Gasteiger partial charge in [0.1, 0.15) is 0 Å². The summed E-state index contributed by atoms with van der Waals surface area (Å²) in [6, 6.07) is 10.7. The molecule has 0 radical (unpaired) electrons. The molecule has 2 aromatic carbocycles. The van der Waals surface area contributed by atoms with Crippen LogP contribution in [0.4, 0.5) is 5.69 Å². The summed E-state index contributed by atoms with van der Waals surface area (Å²) in [7, 11) is -3.56. The van der Waals surface area contributed by atoms with E-state index in [1.54, 1.807) is 24.3 Å². The third-order valence-electron chi connectivity index (χ3n) is 3.33. The summed E-state index contributed by atoms with van der Waals surface area (Å²) in [4.78, 5) is 0.275. The van der Waals surface area contributed by atoms with E-state index in [1.165, 1.54) is 0 Å². The molecule has 0 aromatic heterocycles. The minimum atomic E-state index is -3.56. The number of nitrogens with one attached hydrogen (secondary N) is 1. The van der Waals surface area contributed by atoms with Crippen molar-refractivity contribution >= 4 is 31.6 Å². The van der Waals surface area contributed by atoms with E-state index >= 15 is 0 Å². The monoisotopic (exact) mass is 367 g/mol. The first-order valence-electron chi connectivity index (χ1n) is 6.72. The van der Waals surface area contributed by atoms with E-state index in [1.807, 2.05) is 32.9 Å². The lowest BCUT2D eigenvalue weighted by molar-refractivity contribution is 0.601. The molecule has 0 aliphatic carbocycles. The van der Waals surface area contributed by atoms with Crippen LogP contribution in [0.25, 0.3) is 0 Å². The molecule has 0 bridgehead atoms. The van der Waals surface area contributed by atoms with E-state index < -0.39 is 10.0 Å². The van der Waals surface area contributed by atoms with Gasteiger partial charge in [-0.2, -0.15) is 0 Å². The van der Waals surface area contributed by atoms with E-state index in [-0.39, 0.29) is 4.90 Å². The van der Waals surface area contributed by atoms with Gasteiger partial charge in [-0.15, -0.1) is 0 Å². The number of hydrogen-bond donors (Lipinski definition) is 1. The predicted octanol–water partition coefficient (Wildman–Crippen LogP) is 4.43. The Kier molecular flexibility index (Phi) is 4.74. The Morgan fingerprint density at radius 1 is 1.10 bits per heavy atom. The van der Waals surface area contributed by atoms with Gasteiger partial charge in [0.2, 0.25) is 0 Å². The predicted molar refractivity (Wildman–Crippen MR) is 90.2 cm³/mol. The lowest BCUT2D eigenvalue weighted by atomic mass is 10.1. The number of hydrogen-bond acceptors (Lipinski definition) is 2.